The number of piperidine rings is 2. The Balaban J connectivity index is 0.000000156. The van der Waals surface area contributed by atoms with Crippen LogP contribution in [-0.2, 0) is 0 Å². The van der Waals surface area contributed by atoms with Crippen LogP contribution in [0.25, 0.3) is 0 Å². The van der Waals surface area contributed by atoms with E-state index in [4.69, 9.17) is 11.5 Å². The van der Waals surface area contributed by atoms with Gasteiger partial charge >= 0.3 is 0 Å². The van der Waals surface area contributed by atoms with E-state index in [1.165, 1.54) is 69.4 Å². The van der Waals surface area contributed by atoms with Crippen molar-refractivity contribution in [1.29, 1.82) is 0 Å². The Bertz CT molecular complexity index is 722. The third-order valence-corrected chi connectivity index (χ3v) is 5.28. The first kappa shape index (κ1) is 19.3. The fourth-order valence-electron chi connectivity index (χ4n) is 3.82. The van der Waals surface area contributed by atoms with Gasteiger partial charge in [0, 0.05) is 37.6 Å². The number of anilines is 4. The van der Waals surface area contributed by atoms with Crippen LogP contribution in [0.3, 0.4) is 0 Å². The number of nitrogen functional groups attached to an aromatic ring is 2. The SMILES string of the molecule is Nc1cc(F)ccc1N1CCCCC1.Nc1cccc(N2CCCCC2)c1. The molecule has 2 fully saturated rings. The zero-order chi connectivity index (χ0) is 19.1. The second-order valence-electron chi connectivity index (χ2n) is 7.39. The number of hydrogen-bond acceptors (Lipinski definition) is 4. The lowest BCUT2D eigenvalue weighted by Gasteiger charge is -2.29. The van der Waals surface area contributed by atoms with Crippen molar-refractivity contribution in [2.75, 3.05) is 47.4 Å². The topological polar surface area (TPSA) is 58.5 Å². The number of rotatable bonds is 2. The Hall–Kier alpha value is -2.43. The molecule has 5 heteroatoms. The van der Waals surface area contributed by atoms with Crippen LogP contribution in [0.15, 0.2) is 42.5 Å². The van der Waals surface area contributed by atoms with Crippen molar-refractivity contribution in [3.05, 3.63) is 48.3 Å². The Kier molecular flexibility index (Phi) is 6.80. The molecule has 4 rings (SSSR count). The van der Waals surface area contributed by atoms with E-state index < -0.39 is 0 Å². The van der Waals surface area contributed by atoms with Crippen LogP contribution in [0.4, 0.5) is 27.1 Å². The first-order chi connectivity index (χ1) is 13.1. The summed E-state index contributed by atoms with van der Waals surface area (Å²) < 4.78 is 12.8. The molecule has 0 spiro atoms. The maximum absolute atomic E-state index is 12.8. The molecule has 0 atom stereocenters. The molecule has 0 aromatic heterocycles. The van der Waals surface area contributed by atoms with Crippen molar-refractivity contribution in [2.45, 2.75) is 38.5 Å². The average molecular weight is 371 g/mol. The molecule has 2 aromatic carbocycles. The summed E-state index contributed by atoms with van der Waals surface area (Å²) in [5.74, 6) is -0.261. The van der Waals surface area contributed by atoms with Gasteiger partial charge in [0.15, 0.2) is 0 Å². The molecule has 4 nitrogen and oxygen atoms in total. The molecule has 2 heterocycles. The third-order valence-electron chi connectivity index (χ3n) is 5.28. The molecule has 27 heavy (non-hydrogen) atoms. The molecule has 4 N–H and O–H groups in total. The number of halogens is 1. The molecular weight excluding hydrogens is 339 g/mol. The Morgan fingerprint density at radius 2 is 1.33 bits per heavy atom. The van der Waals surface area contributed by atoms with Gasteiger partial charge < -0.3 is 21.3 Å². The summed E-state index contributed by atoms with van der Waals surface area (Å²) in [6.45, 7) is 4.44. The average Bonchev–Trinajstić information content (AvgIpc) is 2.70. The van der Waals surface area contributed by atoms with Gasteiger partial charge in [0.1, 0.15) is 5.82 Å². The molecule has 0 bridgehead atoms. The maximum atomic E-state index is 12.8. The van der Waals surface area contributed by atoms with Crippen LogP contribution in [0.5, 0.6) is 0 Å². The van der Waals surface area contributed by atoms with Gasteiger partial charge in [-0.2, -0.15) is 0 Å². The van der Waals surface area contributed by atoms with E-state index in [-0.39, 0.29) is 5.82 Å². The zero-order valence-corrected chi connectivity index (χ0v) is 16.0. The number of nitrogens with zero attached hydrogens (tertiary/aromatic N) is 2. The number of nitrogens with two attached hydrogens (primary N) is 2. The van der Waals surface area contributed by atoms with Gasteiger partial charge in [0.2, 0.25) is 0 Å². The van der Waals surface area contributed by atoms with Gasteiger partial charge in [0.05, 0.1) is 11.4 Å². The monoisotopic (exact) mass is 370 g/mol. The van der Waals surface area contributed by atoms with E-state index in [2.05, 4.69) is 21.9 Å². The summed E-state index contributed by atoms with van der Waals surface area (Å²) in [5.41, 5.74) is 15.2. The Morgan fingerprint density at radius 3 is 1.93 bits per heavy atom. The van der Waals surface area contributed by atoms with Crippen molar-refractivity contribution < 1.29 is 4.39 Å². The molecule has 2 saturated heterocycles. The van der Waals surface area contributed by atoms with Gasteiger partial charge in [-0.1, -0.05) is 6.07 Å². The quantitative estimate of drug-likeness (QED) is 0.755. The van der Waals surface area contributed by atoms with Crippen molar-refractivity contribution in [3.8, 4) is 0 Å². The van der Waals surface area contributed by atoms with Crippen LogP contribution in [0, 0.1) is 5.82 Å². The largest absolute Gasteiger partial charge is 0.399 e. The summed E-state index contributed by atoms with van der Waals surface area (Å²) in [4.78, 5) is 4.65. The second kappa shape index (κ2) is 9.49. The minimum absolute atomic E-state index is 0.261. The van der Waals surface area contributed by atoms with Gasteiger partial charge in [-0.3, -0.25) is 0 Å². The molecule has 0 saturated carbocycles. The van der Waals surface area contributed by atoms with Crippen molar-refractivity contribution in [1.82, 2.24) is 0 Å². The van der Waals surface area contributed by atoms with E-state index in [9.17, 15) is 4.39 Å². The predicted molar refractivity (Wildman–Crippen MR) is 114 cm³/mol. The van der Waals surface area contributed by atoms with Gasteiger partial charge in [-0.25, -0.2) is 4.39 Å². The standard InChI is InChI=1S/C11H15FN2.C11H16N2/c12-9-4-5-11(10(13)8-9)14-6-2-1-3-7-14;12-10-5-4-6-11(9-10)13-7-2-1-3-8-13/h4-5,8H,1-3,6-7,13H2;4-6,9H,1-3,7-8,12H2. The highest BCUT2D eigenvalue weighted by molar-refractivity contribution is 5.67. The van der Waals surface area contributed by atoms with E-state index in [0.29, 0.717) is 5.69 Å². The summed E-state index contributed by atoms with van der Waals surface area (Å²) in [7, 11) is 0. The lowest BCUT2D eigenvalue weighted by Crippen LogP contribution is -2.30. The molecule has 2 aliphatic rings. The minimum Gasteiger partial charge on any atom is -0.399 e. The summed E-state index contributed by atoms with van der Waals surface area (Å²) >= 11 is 0. The molecule has 0 radical (unpaired) electrons. The highest BCUT2D eigenvalue weighted by Gasteiger charge is 2.13. The maximum Gasteiger partial charge on any atom is 0.125 e. The van der Waals surface area contributed by atoms with Gasteiger partial charge in [0.25, 0.3) is 0 Å². The smallest absolute Gasteiger partial charge is 0.125 e. The van der Waals surface area contributed by atoms with Gasteiger partial charge in [-0.15, -0.1) is 0 Å². The predicted octanol–water partition coefficient (Wildman–Crippen LogP) is 4.66. The molecule has 2 aromatic rings. The minimum atomic E-state index is -0.261. The fourth-order valence-corrected chi connectivity index (χ4v) is 3.82. The molecule has 0 aliphatic carbocycles. The Labute approximate surface area is 161 Å². The summed E-state index contributed by atoms with van der Waals surface area (Å²) in [6, 6.07) is 12.8. The van der Waals surface area contributed by atoms with Crippen LogP contribution in [0.2, 0.25) is 0 Å². The van der Waals surface area contributed by atoms with Crippen molar-refractivity contribution in [2.24, 2.45) is 0 Å². The molecule has 146 valence electrons. The number of hydrogen-bond donors (Lipinski definition) is 2. The normalized spacial score (nSPS) is 17.2. The molecule has 0 amide bonds. The van der Waals surface area contributed by atoms with Crippen LogP contribution >= 0.6 is 0 Å². The lowest BCUT2D eigenvalue weighted by atomic mass is 10.1. The van der Waals surface area contributed by atoms with E-state index in [1.54, 1.807) is 6.07 Å². The van der Waals surface area contributed by atoms with Crippen molar-refractivity contribution in [3.63, 3.8) is 0 Å². The van der Waals surface area contributed by atoms with E-state index in [1.807, 2.05) is 12.1 Å². The van der Waals surface area contributed by atoms with E-state index >= 15 is 0 Å². The first-order valence-electron chi connectivity index (χ1n) is 10.0. The highest BCUT2D eigenvalue weighted by atomic mass is 19.1. The lowest BCUT2D eigenvalue weighted by molar-refractivity contribution is 0.577. The summed E-state index contributed by atoms with van der Waals surface area (Å²) in [6.07, 6.45) is 7.70. The van der Waals surface area contributed by atoms with E-state index in [0.717, 1.165) is 24.5 Å². The molecule has 0 unspecified atom stereocenters. The zero-order valence-electron chi connectivity index (χ0n) is 16.0. The van der Waals surface area contributed by atoms with Crippen LogP contribution in [0.1, 0.15) is 38.5 Å². The fraction of sp³-hybridized carbons (Fsp3) is 0.455. The Morgan fingerprint density at radius 1 is 0.704 bits per heavy atom. The van der Waals surface area contributed by atoms with Gasteiger partial charge in [-0.05, 0) is 74.9 Å². The molecular formula is C22H31FN4. The molecule has 2 aliphatic heterocycles. The third kappa shape index (κ3) is 5.52. The number of benzene rings is 2. The second-order valence-corrected chi connectivity index (χ2v) is 7.39. The summed E-state index contributed by atoms with van der Waals surface area (Å²) in [5, 5.41) is 0. The first-order valence-corrected chi connectivity index (χ1v) is 10.0. The van der Waals surface area contributed by atoms with Crippen LogP contribution in [-0.4, -0.2) is 26.2 Å². The highest BCUT2D eigenvalue weighted by Crippen LogP contribution is 2.26. The van der Waals surface area contributed by atoms with Crippen LogP contribution < -0.4 is 21.3 Å². The van der Waals surface area contributed by atoms with Crippen molar-refractivity contribution >= 4 is 22.7 Å².